The maximum atomic E-state index is 11.3. The van der Waals surface area contributed by atoms with Crippen molar-refractivity contribution in [3.63, 3.8) is 0 Å². The molecule has 4 nitrogen and oxygen atoms in total. The third kappa shape index (κ3) is 3.37. The monoisotopic (exact) mass is 308 g/mol. The summed E-state index contributed by atoms with van der Waals surface area (Å²) in [7, 11) is 3.66. The Morgan fingerprint density at radius 1 is 1.35 bits per heavy atom. The summed E-state index contributed by atoms with van der Waals surface area (Å²) in [4.78, 5) is 18.3. The van der Waals surface area contributed by atoms with Gasteiger partial charge < -0.3 is 10.0 Å². The van der Waals surface area contributed by atoms with Gasteiger partial charge in [-0.05, 0) is 23.8 Å². The Kier molecular flexibility index (Phi) is 4.42. The average molecular weight is 309 g/mol. The summed E-state index contributed by atoms with van der Waals surface area (Å²) in [6, 6.07) is 9.05. The molecule has 0 fully saturated rings. The number of nitrogens with zero attached hydrogens (tertiary/aromatic N) is 2. The molecule has 0 aliphatic carbocycles. The first kappa shape index (κ1) is 14.6. The predicted molar refractivity (Wildman–Crippen MR) is 83.6 cm³/mol. The molecule has 0 atom stereocenters. The molecule has 6 heteroatoms. The zero-order valence-corrected chi connectivity index (χ0v) is 12.6. The summed E-state index contributed by atoms with van der Waals surface area (Å²) in [6.07, 6.45) is 1.58. The molecule has 2 rings (SSSR count). The van der Waals surface area contributed by atoms with E-state index in [2.05, 4.69) is 4.99 Å². The highest BCUT2D eigenvalue weighted by molar-refractivity contribution is 7.17. The van der Waals surface area contributed by atoms with Crippen LogP contribution in [0.3, 0.4) is 0 Å². The first-order valence-corrected chi connectivity index (χ1v) is 7.00. The second-order valence-corrected chi connectivity index (χ2v) is 5.83. The van der Waals surface area contributed by atoms with Crippen molar-refractivity contribution in [3.8, 4) is 10.4 Å². The summed E-state index contributed by atoms with van der Waals surface area (Å²) >= 11 is 7.05. The van der Waals surface area contributed by atoms with E-state index in [0.717, 1.165) is 10.4 Å². The van der Waals surface area contributed by atoms with Crippen LogP contribution < -0.4 is 0 Å². The number of thiophene rings is 1. The minimum atomic E-state index is -0.971. The lowest BCUT2D eigenvalue weighted by Crippen LogP contribution is -2.07. The smallest absolute Gasteiger partial charge is 0.348 e. The van der Waals surface area contributed by atoms with E-state index in [1.54, 1.807) is 29.4 Å². The Hall–Kier alpha value is -1.85. The van der Waals surface area contributed by atoms with Gasteiger partial charge in [-0.2, -0.15) is 0 Å². The van der Waals surface area contributed by atoms with Gasteiger partial charge in [-0.25, -0.2) is 9.79 Å². The lowest BCUT2D eigenvalue weighted by atomic mass is 10.2. The molecule has 0 amide bonds. The SMILES string of the molecule is CN(C)/C=N/c1cc(-c2ccc(Cl)cc2)sc1C(=O)O. The molecule has 1 aromatic carbocycles. The number of aromatic carboxylic acids is 1. The standard InChI is InChI=1S/C14H13ClN2O2S/c1-17(2)8-16-11-7-12(20-13(11)14(18)19)9-3-5-10(15)6-4-9/h3-8H,1-2H3,(H,18,19)/b16-8+. The molecule has 0 saturated heterocycles. The summed E-state index contributed by atoms with van der Waals surface area (Å²) in [5.41, 5.74) is 1.38. The molecule has 0 radical (unpaired) electrons. The molecular weight excluding hydrogens is 296 g/mol. The second kappa shape index (κ2) is 6.07. The van der Waals surface area contributed by atoms with Crippen LogP contribution in [0, 0.1) is 0 Å². The molecule has 0 saturated carbocycles. The number of carboxylic acid groups (broad SMARTS) is 1. The van der Waals surface area contributed by atoms with Crippen LogP contribution in [-0.4, -0.2) is 36.4 Å². The molecule has 0 unspecified atom stereocenters. The largest absolute Gasteiger partial charge is 0.477 e. The first-order valence-electron chi connectivity index (χ1n) is 5.81. The lowest BCUT2D eigenvalue weighted by molar-refractivity contribution is 0.0703. The van der Waals surface area contributed by atoms with Gasteiger partial charge in [-0.1, -0.05) is 23.7 Å². The number of benzene rings is 1. The third-order valence-electron chi connectivity index (χ3n) is 2.46. The van der Waals surface area contributed by atoms with Gasteiger partial charge in [-0.3, -0.25) is 0 Å². The number of hydrogen-bond donors (Lipinski definition) is 1. The molecule has 0 bridgehead atoms. The molecule has 2 aromatic rings. The van der Waals surface area contributed by atoms with Gasteiger partial charge in [0.25, 0.3) is 0 Å². The van der Waals surface area contributed by atoms with Gasteiger partial charge in [0, 0.05) is 24.0 Å². The van der Waals surface area contributed by atoms with Gasteiger partial charge in [0.1, 0.15) is 4.88 Å². The van der Waals surface area contributed by atoms with Crippen LogP contribution in [-0.2, 0) is 0 Å². The topological polar surface area (TPSA) is 52.9 Å². The van der Waals surface area contributed by atoms with E-state index in [4.69, 9.17) is 11.6 Å². The van der Waals surface area contributed by atoms with E-state index in [0.29, 0.717) is 10.7 Å². The molecule has 1 N–H and O–H groups in total. The Morgan fingerprint density at radius 3 is 2.55 bits per heavy atom. The average Bonchev–Trinajstić information content (AvgIpc) is 2.81. The van der Waals surface area contributed by atoms with Crippen molar-refractivity contribution in [2.45, 2.75) is 0 Å². The maximum absolute atomic E-state index is 11.3. The van der Waals surface area contributed by atoms with Crippen LogP contribution in [0.5, 0.6) is 0 Å². The minimum Gasteiger partial charge on any atom is -0.477 e. The Labute approximate surface area is 126 Å². The highest BCUT2D eigenvalue weighted by atomic mass is 35.5. The fourth-order valence-electron chi connectivity index (χ4n) is 1.56. The summed E-state index contributed by atoms with van der Waals surface area (Å²) in [5.74, 6) is -0.971. The van der Waals surface area contributed by atoms with Gasteiger partial charge in [0.15, 0.2) is 0 Å². The fourth-order valence-corrected chi connectivity index (χ4v) is 2.64. The van der Waals surface area contributed by atoms with E-state index in [9.17, 15) is 9.90 Å². The molecule has 0 aliphatic rings. The first-order chi connectivity index (χ1) is 9.47. The third-order valence-corrected chi connectivity index (χ3v) is 3.88. The molecule has 20 heavy (non-hydrogen) atoms. The van der Waals surface area contributed by atoms with Crippen LogP contribution in [0.25, 0.3) is 10.4 Å². The van der Waals surface area contributed by atoms with Crippen molar-refractivity contribution in [1.82, 2.24) is 4.90 Å². The van der Waals surface area contributed by atoms with E-state index >= 15 is 0 Å². The van der Waals surface area contributed by atoms with Crippen molar-refractivity contribution < 1.29 is 9.90 Å². The van der Waals surface area contributed by atoms with Gasteiger partial charge >= 0.3 is 5.97 Å². The van der Waals surface area contributed by atoms with E-state index in [1.807, 2.05) is 26.2 Å². The van der Waals surface area contributed by atoms with Crippen LogP contribution in [0.4, 0.5) is 5.69 Å². The van der Waals surface area contributed by atoms with E-state index in [1.165, 1.54) is 11.3 Å². The van der Waals surface area contributed by atoms with Gasteiger partial charge in [0.05, 0.1) is 12.0 Å². The zero-order chi connectivity index (χ0) is 14.7. The number of halogens is 1. The van der Waals surface area contributed by atoms with Crippen molar-refractivity contribution in [1.29, 1.82) is 0 Å². The molecule has 0 spiro atoms. The molecular formula is C14H13ClN2O2S. The molecule has 1 heterocycles. The molecule has 0 aliphatic heterocycles. The second-order valence-electron chi connectivity index (χ2n) is 4.35. The summed E-state index contributed by atoms with van der Waals surface area (Å²) < 4.78 is 0. The van der Waals surface area contributed by atoms with Gasteiger partial charge in [0.2, 0.25) is 0 Å². The predicted octanol–water partition coefficient (Wildman–Crippen LogP) is 3.99. The fraction of sp³-hybridized carbons (Fsp3) is 0.143. The number of carbonyl (C=O) groups is 1. The van der Waals surface area contributed by atoms with Gasteiger partial charge in [-0.15, -0.1) is 11.3 Å². The highest BCUT2D eigenvalue weighted by Crippen LogP contribution is 2.36. The Balaban J connectivity index is 2.43. The number of rotatable bonds is 4. The summed E-state index contributed by atoms with van der Waals surface area (Å²) in [5, 5.41) is 9.88. The van der Waals surface area contributed by atoms with Crippen LogP contribution in [0.1, 0.15) is 9.67 Å². The van der Waals surface area contributed by atoms with Crippen LogP contribution in [0.15, 0.2) is 35.3 Å². The molecule has 104 valence electrons. The maximum Gasteiger partial charge on any atom is 0.348 e. The zero-order valence-electron chi connectivity index (χ0n) is 11.0. The Morgan fingerprint density at radius 2 is 2.00 bits per heavy atom. The van der Waals surface area contributed by atoms with E-state index < -0.39 is 5.97 Å². The van der Waals surface area contributed by atoms with Crippen LogP contribution in [0.2, 0.25) is 5.02 Å². The number of hydrogen-bond acceptors (Lipinski definition) is 3. The lowest BCUT2D eigenvalue weighted by Gasteiger charge is -2.01. The Bertz CT molecular complexity index is 648. The minimum absolute atomic E-state index is 0.230. The number of carboxylic acids is 1. The molecule has 1 aromatic heterocycles. The quantitative estimate of drug-likeness (QED) is 0.686. The normalized spacial score (nSPS) is 10.9. The van der Waals surface area contributed by atoms with Crippen molar-refractivity contribution >= 4 is 40.9 Å². The van der Waals surface area contributed by atoms with Crippen molar-refractivity contribution in [3.05, 3.63) is 40.2 Å². The summed E-state index contributed by atoms with van der Waals surface area (Å²) in [6.45, 7) is 0. The van der Waals surface area contributed by atoms with E-state index in [-0.39, 0.29) is 4.88 Å². The van der Waals surface area contributed by atoms with Crippen molar-refractivity contribution in [2.75, 3.05) is 14.1 Å². The highest BCUT2D eigenvalue weighted by Gasteiger charge is 2.15. The number of aliphatic imine (C=N–C) groups is 1. The van der Waals surface area contributed by atoms with Crippen LogP contribution >= 0.6 is 22.9 Å². The van der Waals surface area contributed by atoms with Crippen molar-refractivity contribution in [2.24, 2.45) is 4.99 Å².